The first kappa shape index (κ1) is 23.5. The third-order valence-electron chi connectivity index (χ3n) is 7.34. The lowest BCUT2D eigenvalue weighted by Gasteiger charge is -2.30. The quantitative estimate of drug-likeness (QED) is 0.505. The van der Waals surface area contributed by atoms with Crippen molar-refractivity contribution in [1.82, 2.24) is 0 Å². The van der Waals surface area contributed by atoms with Crippen LogP contribution in [-0.4, -0.2) is 38.0 Å². The molecular weight excluding hydrogens is 424 g/mol. The van der Waals surface area contributed by atoms with Crippen LogP contribution < -0.4 is 0 Å². The summed E-state index contributed by atoms with van der Waals surface area (Å²) in [5, 5.41) is 0. The summed E-state index contributed by atoms with van der Waals surface area (Å²) in [7, 11) is 0. The van der Waals surface area contributed by atoms with Crippen molar-refractivity contribution in [3.05, 3.63) is 82.9 Å². The van der Waals surface area contributed by atoms with E-state index >= 15 is 0 Å². The Kier molecular flexibility index (Phi) is 7.03. The fourth-order valence-electron chi connectivity index (χ4n) is 5.19. The number of hydrogen-bond donors (Lipinski definition) is 0. The van der Waals surface area contributed by atoms with E-state index in [2.05, 4.69) is 74.5 Å². The molecule has 0 N–H and O–H groups in total. The molecule has 0 radical (unpaired) electrons. The molecule has 2 heterocycles. The van der Waals surface area contributed by atoms with Crippen molar-refractivity contribution in [2.24, 2.45) is 0 Å². The van der Waals surface area contributed by atoms with E-state index in [1.165, 1.54) is 33.4 Å². The number of hydrogen-bond acceptors (Lipinski definition) is 4. The van der Waals surface area contributed by atoms with Gasteiger partial charge in [0.25, 0.3) is 0 Å². The van der Waals surface area contributed by atoms with Crippen molar-refractivity contribution >= 4 is 11.1 Å². The summed E-state index contributed by atoms with van der Waals surface area (Å²) in [5.74, 6) is -0.595. The van der Waals surface area contributed by atoms with E-state index in [0.29, 0.717) is 0 Å². The van der Waals surface area contributed by atoms with E-state index in [9.17, 15) is 0 Å². The second-order valence-corrected chi connectivity index (χ2v) is 9.81. The molecule has 0 saturated carbocycles. The van der Waals surface area contributed by atoms with Crippen LogP contribution in [0.15, 0.2) is 60.7 Å². The zero-order valence-electron chi connectivity index (χ0n) is 20.5. The number of aryl methyl sites for hydroxylation is 2. The molecule has 4 heteroatoms. The van der Waals surface area contributed by atoms with Crippen LogP contribution >= 0.6 is 0 Å². The summed E-state index contributed by atoms with van der Waals surface area (Å²) >= 11 is 0. The van der Waals surface area contributed by atoms with Gasteiger partial charge >= 0.3 is 0 Å². The molecule has 0 amide bonds. The Morgan fingerprint density at radius 1 is 0.529 bits per heavy atom. The van der Waals surface area contributed by atoms with E-state index in [-0.39, 0.29) is 11.6 Å². The van der Waals surface area contributed by atoms with Gasteiger partial charge in [-0.3, -0.25) is 0 Å². The van der Waals surface area contributed by atoms with Gasteiger partial charge in [-0.15, -0.1) is 0 Å². The molecule has 0 bridgehead atoms. The zero-order valence-corrected chi connectivity index (χ0v) is 20.5. The first-order valence-corrected chi connectivity index (χ1v) is 12.6. The summed E-state index contributed by atoms with van der Waals surface area (Å²) in [6.07, 6.45) is 10.4. The van der Waals surface area contributed by atoms with Gasteiger partial charge in [0.2, 0.25) is 0 Å². The lowest BCUT2D eigenvalue weighted by atomic mass is 9.89. The Morgan fingerprint density at radius 2 is 0.882 bits per heavy atom. The van der Waals surface area contributed by atoms with E-state index in [1.807, 2.05) is 0 Å². The molecular formula is C30H36O4. The molecule has 6 rings (SSSR count). The Morgan fingerprint density at radius 3 is 1.18 bits per heavy atom. The van der Waals surface area contributed by atoms with Crippen molar-refractivity contribution < 1.29 is 18.9 Å². The van der Waals surface area contributed by atoms with E-state index < -0.39 is 0 Å². The lowest BCUT2D eigenvalue weighted by molar-refractivity contribution is -0.160. The minimum atomic E-state index is -0.297. The first-order valence-electron chi connectivity index (χ1n) is 12.6. The third-order valence-corrected chi connectivity index (χ3v) is 7.34. The molecule has 2 spiro atoms. The summed E-state index contributed by atoms with van der Waals surface area (Å²) in [6.45, 7) is 7.21. The molecule has 4 aliphatic rings. The maximum Gasteiger partial charge on any atom is 0.172 e. The van der Waals surface area contributed by atoms with Crippen LogP contribution in [0, 0.1) is 13.8 Å². The van der Waals surface area contributed by atoms with E-state index in [0.717, 1.165) is 65.0 Å². The second kappa shape index (κ2) is 10.2. The minimum Gasteiger partial charge on any atom is -0.347 e. The standard InChI is InChI=1S/2C15H18O2/c2*1-12-2-4-13(5-3-12)14-6-8-15(9-7-14)16-10-11-17-15/h2*2-6H,7-11H2,1H3. The average Bonchev–Trinajstić information content (AvgIpc) is 3.52. The fraction of sp³-hybridized carbons (Fsp3) is 0.467. The molecule has 2 saturated heterocycles. The number of benzene rings is 2. The smallest absolute Gasteiger partial charge is 0.172 e. The highest BCUT2D eigenvalue weighted by atomic mass is 16.7. The molecule has 2 aliphatic heterocycles. The van der Waals surface area contributed by atoms with Crippen LogP contribution in [0.5, 0.6) is 0 Å². The van der Waals surface area contributed by atoms with Gasteiger partial charge in [-0.05, 0) is 49.0 Å². The van der Waals surface area contributed by atoms with Crippen molar-refractivity contribution in [3.8, 4) is 0 Å². The topological polar surface area (TPSA) is 36.9 Å². The van der Waals surface area contributed by atoms with Crippen LogP contribution in [0.1, 0.15) is 60.8 Å². The molecule has 0 aromatic heterocycles. The maximum atomic E-state index is 5.72. The minimum absolute atomic E-state index is 0.297. The van der Waals surface area contributed by atoms with Crippen molar-refractivity contribution in [3.63, 3.8) is 0 Å². The molecule has 2 aromatic rings. The Balaban J connectivity index is 0.000000142. The monoisotopic (exact) mass is 460 g/mol. The first-order chi connectivity index (χ1) is 16.5. The summed E-state index contributed by atoms with van der Waals surface area (Å²) in [6, 6.07) is 17.5. The molecule has 180 valence electrons. The molecule has 4 nitrogen and oxygen atoms in total. The lowest BCUT2D eigenvalue weighted by Crippen LogP contribution is -2.31. The van der Waals surface area contributed by atoms with Gasteiger partial charge in [-0.2, -0.15) is 0 Å². The molecule has 2 aromatic carbocycles. The fourth-order valence-corrected chi connectivity index (χ4v) is 5.19. The maximum absolute atomic E-state index is 5.72. The molecule has 2 fully saturated rings. The third kappa shape index (κ3) is 5.36. The number of allylic oxidation sites excluding steroid dienone is 2. The molecule has 2 aliphatic carbocycles. The zero-order chi connectivity index (χ0) is 23.4. The molecule has 0 unspecified atom stereocenters. The highest BCUT2D eigenvalue weighted by Gasteiger charge is 2.38. The van der Waals surface area contributed by atoms with Gasteiger partial charge in [0.05, 0.1) is 26.4 Å². The van der Waals surface area contributed by atoms with Crippen LogP contribution in [-0.2, 0) is 18.9 Å². The van der Waals surface area contributed by atoms with Crippen LogP contribution in [0.25, 0.3) is 11.1 Å². The molecule has 34 heavy (non-hydrogen) atoms. The largest absolute Gasteiger partial charge is 0.347 e. The predicted molar refractivity (Wildman–Crippen MR) is 135 cm³/mol. The summed E-state index contributed by atoms with van der Waals surface area (Å²) < 4.78 is 22.9. The van der Waals surface area contributed by atoms with Crippen molar-refractivity contribution in [2.75, 3.05) is 26.4 Å². The molecule has 0 atom stereocenters. The number of ether oxygens (including phenoxy) is 4. The Bertz CT molecular complexity index is 935. The summed E-state index contributed by atoms with van der Waals surface area (Å²) in [5.41, 5.74) is 8.14. The predicted octanol–water partition coefficient (Wildman–Crippen LogP) is 6.61. The normalized spacial score (nSPS) is 22.8. The van der Waals surface area contributed by atoms with Gasteiger partial charge in [0, 0.05) is 25.7 Å². The Labute approximate surface area is 203 Å². The Hall–Kier alpha value is -2.24. The van der Waals surface area contributed by atoms with Crippen LogP contribution in [0.3, 0.4) is 0 Å². The van der Waals surface area contributed by atoms with Crippen molar-refractivity contribution in [2.45, 2.75) is 63.9 Å². The van der Waals surface area contributed by atoms with Crippen LogP contribution in [0.4, 0.5) is 0 Å². The van der Waals surface area contributed by atoms with Gasteiger partial charge in [-0.25, -0.2) is 0 Å². The number of rotatable bonds is 2. The van der Waals surface area contributed by atoms with E-state index in [1.54, 1.807) is 0 Å². The average molecular weight is 461 g/mol. The van der Waals surface area contributed by atoms with Gasteiger partial charge in [0.15, 0.2) is 11.6 Å². The second-order valence-electron chi connectivity index (χ2n) is 9.81. The van der Waals surface area contributed by atoms with Crippen LogP contribution in [0.2, 0.25) is 0 Å². The highest BCUT2D eigenvalue weighted by molar-refractivity contribution is 5.67. The van der Waals surface area contributed by atoms with E-state index in [4.69, 9.17) is 18.9 Å². The van der Waals surface area contributed by atoms with Gasteiger partial charge in [-0.1, -0.05) is 71.8 Å². The highest BCUT2D eigenvalue weighted by Crippen LogP contribution is 2.39. The summed E-state index contributed by atoms with van der Waals surface area (Å²) in [4.78, 5) is 0. The van der Waals surface area contributed by atoms with Gasteiger partial charge < -0.3 is 18.9 Å². The van der Waals surface area contributed by atoms with Gasteiger partial charge in [0.1, 0.15) is 0 Å². The SMILES string of the molecule is Cc1ccc(C2=CCC3(CC2)OCCO3)cc1.Cc1ccc(C2=CCC3(CC2)OCCO3)cc1. The van der Waals surface area contributed by atoms with Crippen molar-refractivity contribution in [1.29, 1.82) is 0 Å².